The largest absolute Gasteiger partial charge is 1.00 e. The van der Waals surface area contributed by atoms with Crippen LogP contribution in [0.25, 0.3) is 22.2 Å². The van der Waals surface area contributed by atoms with E-state index >= 15 is 0 Å². The molecule has 0 amide bonds. The van der Waals surface area contributed by atoms with E-state index in [-0.39, 0.29) is 44.8 Å². The first-order chi connectivity index (χ1) is 25.9. The second-order valence-corrected chi connectivity index (χ2v) is 23.2. The first kappa shape index (κ1) is 40.8. The van der Waals surface area contributed by atoms with Crippen LogP contribution in [0, 0.1) is 12.3 Å². The maximum Gasteiger partial charge on any atom is 1.00 e. The number of rotatable bonds is 6. The molecule has 1 radical (unpaired) electrons. The molecular weight excluding hydrogens is 1090 g/mol. The Balaban J connectivity index is 0.000000228. The number of aromatic nitrogens is 2. The van der Waals surface area contributed by atoms with E-state index in [9.17, 15) is 0 Å². The van der Waals surface area contributed by atoms with Crippen molar-refractivity contribution in [3.05, 3.63) is 194 Å². The van der Waals surface area contributed by atoms with E-state index in [1.807, 2.05) is 12.4 Å². The van der Waals surface area contributed by atoms with Crippen molar-refractivity contribution in [3.8, 4) is 17.0 Å². The Labute approximate surface area is 360 Å². The summed E-state index contributed by atoms with van der Waals surface area (Å²) in [5, 5.41) is 11.4. The molecule has 2 nitrogen and oxygen atoms in total. The Morgan fingerprint density at radius 1 is 0.545 bits per heavy atom. The van der Waals surface area contributed by atoms with Crippen LogP contribution in [0.4, 0.5) is 0 Å². The monoisotopic (exact) mass is 1130 g/mol. The van der Waals surface area contributed by atoms with Crippen molar-refractivity contribution in [2.24, 2.45) is 7.05 Å². The van der Waals surface area contributed by atoms with Crippen molar-refractivity contribution in [1.82, 2.24) is 9.55 Å². The number of aryl methyl sites for hydroxylation is 1. The van der Waals surface area contributed by atoms with Gasteiger partial charge in [-0.3, -0.25) is 5.92 Å². The Bertz CT molecular complexity index is 2490. The zero-order valence-electron chi connectivity index (χ0n) is 30.8. The minimum absolute atomic E-state index is 0. The van der Waals surface area contributed by atoms with E-state index in [0.717, 1.165) is 11.1 Å². The van der Waals surface area contributed by atoms with Crippen LogP contribution in [-0.2, 0) is 51.8 Å². The van der Waals surface area contributed by atoms with Crippen molar-refractivity contribution in [3.63, 3.8) is 0 Å². The van der Waals surface area contributed by atoms with E-state index in [1.54, 1.807) is 0 Å². The fourth-order valence-electron chi connectivity index (χ4n) is 7.74. The van der Waals surface area contributed by atoms with Crippen LogP contribution in [-0.4, -0.2) is 17.6 Å². The molecule has 1 aromatic heterocycles. The molecule has 2 heterocycles. The van der Waals surface area contributed by atoms with Crippen molar-refractivity contribution in [2.45, 2.75) is 13.1 Å². The average molecular weight is 1130 g/mol. The van der Waals surface area contributed by atoms with Gasteiger partial charge in [0.05, 0.1) is 17.4 Å². The molecule has 7 aromatic carbocycles. The summed E-state index contributed by atoms with van der Waals surface area (Å²) in [6, 6.07) is 64.0. The summed E-state index contributed by atoms with van der Waals surface area (Å²) in [5.74, 6) is 2.49. The van der Waals surface area contributed by atoms with Crippen LogP contribution in [0.1, 0.15) is 5.56 Å². The molecule has 0 unspecified atom stereocenters. The summed E-state index contributed by atoms with van der Waals surface area (Å²) >= 11 is 0. The molecule has 0 saturated heterocycles. The van der Waals surface area contributed by atoms with Crippen LogP contribution < -0.4 is 42.2 Å². The third kappa shape index (κ3) is 8.18. The SMILES string of the molecule is Cn1cnc2cc([PH+](c3ccccc3)c3ccccc3)c([PH+](c3ccccc3)c3ccccc3)cc21.[Au+].[Au].[C-]#Cc1ccc2c(c1)[Si](C)(C)c1ccccc1-2. The molecule has 55 heavy (non-hydrogen) atoms. The van der Waals surface area contributed by atoms with Crippen LogP contribution in [0.2, 0.25) is 13.1 Å². The van der Waals surface area contributed by atoms with Gasteiger partial charge in [-0.2, -0.15) is 0 Å². The molecular formula is C48H41Au2N2P2Si+2. The molecule has 0 N–H and O–H groups in total. The zero-order valence-corrected chi connectivity index (χ0v) is 38.2. The standard InChI is InChI=1S/C32H26N2P2.C16H13Si.2Au/c1-34-24-33-29-22-31(35(25-14-6-2-7-15-25)26-16-8-3-9-17-26)32(23-30(29)34)36(27-18-10-4-11-19-27)28-20-12-5-13-21-28;1-4-12-9-10-14-13-7-5-6-8-15(13)17(2,3)16(14)11-12;;/h2-24H,1H3;5-11H,2-3H3;;/q;-1;;+1/p+2. The van der Waals surface area contributed by atoms with Gasteiger partial charge in [0.1, 0.15) is 55.7 Å². The predicted octanol–water partition coefficient (Wildman–Crippen LogP) is 6.98. The number of hydrogen-bond acceptors (Lipinski definition) is 1. The smallest absolute Gasteiger partial charge is 0.366 e. The van der Waals surface area contributed by atoms with Gasteiger partial charge < -0.3 is 11.0 Å². The first-order valence-electron chi connectivity index (χ1n) is 18.0. The molecule has 9 rings (SSSR count). The van der Waals surface area contributed by atoms with Gasteiger partial charge in [-0.05, 0) is 64.8 Å². The van der Waals surface area contributed by atoms with Crippen LogP contribution in [0.15, 0.2) is 182 Å². The van der Waals surface area contributed by atoms with Crippen molar-refractivity contribution in [1.29, 1.82) is 0 Å². The van der Waals surface area contributed by atoms with Gasteiger partial charge in [-0.15, -0.1) is 17.7 Å². The van der Waals surface area contributed by atoms with Gasteiger partial charge in [0.25, 0.3) is 0 Å². The molecule has 277 valence electrons. The molecule has 0 atom stereocenters. The molecule has 1 aliphatic heterocycles. The molecule has 8 aromatic rings. The maximum absolute atomic E-state index is 7.26. The van der Waals surface area contributed by atoms with E-state index in [1.165, 1.54) is 58.8 Å². The summed E-state index contributed by atoms with van der Waals surface area (Å²) in [6.07, 6.45) is 9.20. The summed E-state index contributed by atoms with van der Waals surface area (Å²) < 4.78 is 2.15. The molecule has 1 aliphatic rings. The van der Waals surface area contributed by atoms with Gasteiger partial charge in [0.15, 0.2) is 0 Å². The molecule has 0 aliphatic carbocycles. The fraction of sp³-hybridized carbons (Fsp3) is 0.0625. The van der Waals surface area contributed by atoms with Gasteiger partial charge in [0.2, 0.25) is 0 Å². The molecule has 0 fully saturated rings. The number of hydrogen-bond donors (Lipinski definition) is 0. The summed E-state index contributed by atoms with van der Waals surface area (Å²) in [6.45, 7) is 4.76. The van der Waals surface area contributed by atoms with E-state index in [2.05, 4.69) is 200 Å². The quantitative estimate of drug-likeness (QED) is 0.0762. The fourth-order valence-corrected chi connectivity index (χ4v) is 16.9. The van der Waals surface area contributed by atoms with Gasteiger partial charge in [-0.1, -0.05) is 121 Å². The Morgan fingerprint density at radius 3 is 1.47 bits per heavy atom. The number of nitrogens with zero attached hydrogens (tertiary/aromatic N) is 2. The van der Waals surface area contributed by atoms with Gasteiger partial charge in [0, 0.05) is 41.6 Å². The Kier molecular flexibility index (Phi) is 13.3. The van der Waals surface area contributed by atoms with E-state index < -0.39 is 23.9 Å². The first-order valence-corrected chi connectivity index (χ1v) is 24.0. The minimum atomic E-state index is -1.55. The molecule has 0 saturated carbocycles. The normalized spacial score (nSPS) is 12.1. The van der Waals surface area contributed by atoms with Crippen LogP contribution >= 0.6 is 15.8 Å². The predicted molar refractivity (Wildman–Crippen MR) is 236 cm³/mol. The van der Waals surface area contributed by atoms with Crippen molar-refractivity contribution in [2.75, 3.05) is 0 Å². The Morgan fingerprint density at radius 2 is 0.982 bits per heavy atom. The van der Waals surface area contributed by atoms with Gasteiger partial charge >= 0.3 is 22.4 Å². The number of benzene rings is 7. The maximum atomic E-state index is 7.26. The van der Waals surface area contributed by atoms with Crippen molar-refractivity contribution >= 4 is 77.2 Å². The summed E-state index contributed by atoms with van der Waals surface area (Å²) in [7, 11) is -2.00. The second kappa shape index (κ2) is 17.9. The molecule has 0 spiro atoms. The number of imidazole rings is 1. The van der Waals surface area contributed by atoms with Crippen LogP contribution in [0.3, 0.4) is 0 Å². The Hall–Kier alpha value is -3.87. The van der Waals surface area contributed by atoms with E-state index in [4.69, 9.17) is 11.4 Å². The van der Waals surface area contributed by atoms with Gasteiger partial charge in [-0.25, -0.2) is 4.98 Å². The summed E-state index contributed by atoms with van der Waals surface area (Å²) in [5.41, 5.74) is 5.88. The van der Waals surface area contributed by atoms with Crippen molar-refractivity contribution < 1.29 is 44.8 Å². The third-order valence-corrected chi connectivity index (χ3v) is 19.7. The average Bonchev–Trinajstić information content (AvgIpc) is 3.69. The number of fused-ring (bicyclic) bond motifs is 4. The second-order valence-electron chi connectivity index (χ2n) is 14.0. The topological polar surface area (TPSA) is 17.8 Å². The molecule has 7 heteroatoms. The summed E-state index contributed by atoms with van der Waals surface area (Å²) in [4.78, 5) is 4.79. The van der Waals surface area contributed by atoms with E-state index in [0.29, 0.717) is 0 Å². The van der Waals surface area contributed by atoms with Crippen LogP contribution in [0.5, 0.6) is 0 Å². The minimum Gasteiger partial charge on any atom is -0.366 e. The molecule has 0 bridgehead atoms. The zero-order chi connectivity index (χ0) is 36.4. The third-order valence-electron chi connectivity index (χ3n) is 10.4.